The number of furan rings is 1. The van der Waals surface area contributed by atoms with Crippen LogP contribution < -0.4 is 10.1 Å². The van der Waals surface area contributed by atoms with Crippen molar-refractivity contribution in [1.29, 1.82) is 0 Å². The zero-order valence-electron chi connectivity index (χ0n) is 16.3. The second-order valence-corrected chi connectivity index (χ2v) is 8.25. The standard InChI is InChI=1S/C21H21N3O4S/c1-14-9-10-19(15(2)12-14)24-29(26,27)18-7-4-6-17(13-18)21(25)23-22-16(3)20-8-5-11-28-20/h4-13,24H,1-3H3,(H,23,25)/b22-16+. The van der Waals surface area contributed by atoms with Crippen molar-refractivity contribution in [2.75, 3.05) is 4.72 Å². The lowest BCUT2D eigenvalue weighted by Gasteiger charge is -2.12. The van der Waals surface area contributed by atoms with Gasteiger partial charge in [-0.25, -0.2) is 13.8 Å². The third-order valence-electron chi connectivity index (χ3n) is 4.24. The minimum absolute atomic E-state index is 0.0168. The molecule has 1 heterocycles. The highest BCUT2D eigenvalue weighted by Gasteiger charge is 2.17. The maximum Gasteiger partial charge on any atom is 0.271 e. The molecule has 0 aliphatic carbocycles. The molecule has 0 aliphatic rings. The molecule has 8 heteroatoms. The number of anilines is 1. The van der Waals surface area contributed by atoms with Gasteiger partial charge in [-0.15, -0.1) is 0 Å². The second-order valence-electron chi connectivity index (χ2n) is 6.57. The third-order valence-corrected chi connectivity index (χ3v) is 5.60. The molecule has 0 saturated heterocycles. The summed E-state index contributed by atoms with van der Waals surface area (Å²) >= 11 is 0. The van der Waals surface area contributed by atoms with Crippen molar-refractivity contribution in [2.24, 2.45) is 5.10 Å². The number of benzene rings is 2. The lowest BCUT2D eigenvalue weighted by molar-refractivity contribution is 0.0954. The number of carbonyl (C=O) groups excluding carboxylic acids is 1. The van der Waals surface area contributed by atoms with Crippen LogP contribution in [0.2, 0.25) is 0 Å². The molecule has 0 spiro atoms. The zero-order chi connectivity index (χ0) is 21.0. The Bertz CT molecular complexity index is 1170. The van der Waals surface area contributed by atoms with Crippen LogP contribution in [0.5, 0.6) is 0 Å². The van der Waals surface area contributed by atoms with E-state index in [0.717, 1.165) is 11.1 Å². The highest BCUT2D eigenvalue weighted by Crippen LogP contribution is 2.21. The van der Waals surface area contributed by atoms with E-state index in [1.165, 1.54) is 30.5 Å². The molecule has 29 heavy (non-hydrogen) atoms. The first-order valence-corrected chi connectivity index (χ1v) is 10.3. The van der Waals surface area contributed by atoms with E-state index in [0.29, 0.717) is 17.2 Å². The van der Waals surface area contributed by atoms with Gasteiger partial charge in [0.05, 0.1) is 16.8 Å². The monoisotopic (exact) mass is 411 g/mol. The number of sulfonamides is 1. The normalized spacial score (nSPS) is 11.9. The van der Waals surface area contributed by atoms with Crippen molar-refractivity contribution in [1.82, 2.24) is 5.43 Å². The van der Waals surface area contributed by atoms with Crippen LogP contribution in [0, 0.1) is 13.8 Å². The van der Waals surface area contributed by atoms with Crippen LogP contribution in [0.3, 0.4) is 0 Å². The molecular weight excluding hydrogens is 390 g/mol. The molecular formula is C21H21N3O4S. The topological polar surface area (TPSA) is 101 Å². The van der Waals surface area contributed by atoms with E-state index >= 15 is 0 Å². The average molecular weight is 411 g/mol. The van der Waals surface area contributed by atoms with Gasteiger partial charge in [-0.2, -0.15) is 5.10 Å². The van der Waals surface area contributed by atoms with E-state index in [1.807, 2.05) is 26.0 Å². The molecule has 0 unspecified atom stereocenters. The summed E-state index contributed by atoms with van der Waals surface area (Å²) in [6.45, 7) is 5.45. The highest BCUT2D eigenvalue weighted by atomic mass is 32.2. The summed E-state index contributed by atoms with van der Waals surface area (Å²) in [6, 6.07) is 14.6. The van der Waals surface area contributed by atoms with Gasteiger partial charge in [-0.05, 0) is 62.7 Å². The number of hydrogen-bond donors (Lipinski definition) is 2. The number of amides is 1. The maximum atomic E-state index is 12.8. The number of nitrogens with one attached hydrogen (secondary N) is 2. The smallest absolute Gasteiger partial charge is 0.271 e. The van der Waals surface area contributed by atoms with Gasteiger partial charge in [-0.1, -0.05) is 23.8 Å². The number of rotatable bonds is 6. The average Bonchev–Trinajstić information content (AvgIpc) is 3.23. The molecule has 0 atom stereocenters. The molecule has 1 amide bonds. The van der Waals surface area contributed by atoms with Crippen molar-refractivity contribution in [3.05, 3.63) is 83.3 Å². The Kier molecular flexibility index (Phi) is 5.84. The first kappa shape index (κ1) is 20.3. The Labute approximate surface area is 169 Å². The van der Waals surface area contributed by atoms with E-state index < -0.39 is 15.9 Å². The number of aryl methyl sites for hydroxylation is 2. The van der Waals surface area contributed by atoms with Crippen molar-refractivity contribution >= 4 is 27.3 Å². The largest absolute Gasteiger partial charge is 0.463 e. The Hall–Kier alpha value is -3.39. The minimum Gasteiger partial charge on any atom is -0.463 e. The van der Waals surface area contributed by atoms with Crippen LogP contribution in [-0.2, 0) is 10.0 Å². The number of hydrazone groups is 1. The van der Waals surface area contributed by atoms with Crippen LogP contribution in [0.15, 0.2) is 75.3 Å². The quantitative estimate of drug-likeness (QED) is 0.475. The molecule has 7 nitrogen and oxygen atoms in total. The minimum atomic E-state index is -3.85. The van der Waals surface area contributed by atoms with Gasteiger partial charge in [0.2, 0.25) is 0 Å². The van der Waals surface area contributed by atoms with Gasteiger partial charge in [-0.3, -0.25) is 9.52 Å². The predicted octanol–water partition coefficient (Wildman–Crippen LogP) is 3.85. The summed E-state index contributed by atoms with van der Waals surface area (Å²) < 4.78 is 33.3. The molecule has 3 aromatic rings. The first-order valence-electron chi connectivity index (χ1n) is 8.85. The SMILES string of the molecule is C/C(=N\NC(=O)c1cccc(S(=O)(=O)Nc2ccc(C)cc2C)c1)c1ccco1. The van der Waals surface area contributed by atoms with Gasteiger partial charge >= 0.3 is 0 Å². The van der Waals surface area contributed by atoms with E-state index in [1.54, 1.807) is 25.1 Å². The Morgan fingerprint density at radius 2 is 1.83 bits per heavy atom. The molecule has 1 aromatic heterocycles. The third kappa shape index (κ3) is 4.91. The predicted molar refractivity (Wildman–Crippen MR) is 112 cm³/mol. The Morgan fingerprint density at radius 1 is 1.03 bits per heavy atom. The Morgan fingerprint density at radius 3 is 2.52 bits per heavy atom. The molecule has 3 rings (SSSR count). The maximum absolute atomic E-state index is 12.8. The fourth-order valence-corrected chi connectivity index (χ4v) is 3.85. The van der Waals surface area contributed by atoms with Gasteiger partial charge in [0.1, 0.15) is 11.5 Å². The zero-order valence-corrected chi connectivity index (χ0v) is 17.1. The molecule has 0 aliphatic heterocycles. The van der Waals surface area contributed by atoms with E-state index in [9.17, 15) is 13.2 Å². The van der Waals surface area contributed by atoms with Crippen LogP contribution >= 0.6 is 0 Å². The summed E-state index contributed by atoms with van der Waals surface area (Å²) in [6.07, 6.45) is 1.51. The molecule has 0 saturated carbocycles. The van der Waals surface area contributed by atoms with Crippen LogP contribution in [-0.4, -0.2) is 20.0 Å². The number of carbonyl (C=O) groups is 1. The molecule has 2 N–H and O–H groups in total. The van der Waals surface area contributed by atoms with Gasteiger partial charge in [0, 0.05) is 5.56 Å². The van der Waals surface area contributed by atoms with Crippen LogP contribution in [0.1, 0.15) is 34.2 Å². The van der Waals surface area contributed by atoms with Gasteiger partial charge in [0.25, 0.3) is 15.9 Å². The van der Waals surface area contributed by atoms with Crippen molar-refractivity contribution in [3.63, 3.8) is 0 Å². The fraction of sp³-hybridized carbons (Fsp3) is 0.143. The van der Waals surface area contributed by atoms with E-state index in [-0.39, 0.29) is 10.5 Å². The molecule has 2 aromatic carbocycles. The van der Waals surface area contributed by atoms with Crippen LogP contribution in [0.4, 0.5) is 5.69 Å². The van der Waals surface area contributed by atoms with Gasteiger partial charge < -0.3 is 4.42 Å². The first-order chi connectivity index (χ1) is 13.8. The van der Waals surface area contributed by atoms with Crippen LogP contribution in [0.25, 0.3) is 0 Å². The number of nitrogens with zero attached hydrogens (tertiary/aromatic N) is 1. The molecule has 0 radical (unpaired) electrons. The second kappa shape index (κ2) is 8.32. The van der Waals surface area contributed by atoms with Gasteiger partial charge in [0.15, 0.2) is 0 Å². The van der Waals surface area contributed by atoms with E-state index in [2.05, 4.69) is 15.2 Å². The highest BCUT2D eigenvalue weighted by molar-refractivity contribution is 7.92. The van der Waals surface area contributed by atoms with Crippen molar-refractivity contribution in [3.8, 4) is 0 Å². The summed E-state index contributed by atoms with van der Waals surface area (Å²) in [5.41, 5.74) is 5.40. The molecule has 0 bridgehead atoms. The summed E-state index contributed by atoms with van der Waals surface area (Å²) in [5, 5.41) is 3.98. The lowest BCUT2D eigenvalue weighted by atomic mass is 10.1. The fourth-order valence-electron chi connectivity index (χ4n) is 2.67. The Balaban J connectivity index is 1.79. The molecule has 0 fully saturated rings. The summed E-state index contributed by atoms with van der Waals surface area (Å²) in [4.78, 5) is 12.4. The van der Waals surface area contributed by atoms with E-state index in [4.69, 9.17) is 4.42 Å². The lowest BCUT2D eigenvalue weighted by Crippen LogP contribution is -2.20. The number of hydrogen-bond acceptors (Lipinski definition) is 5. The molecule has 150 valence electrons. The van der Waals surface area contributed by atoms with Crippen molar-refractivity contribution < 1.29 is 17.6 Å². The summed E-state index contributed by atoms with van der Waals surface area (Å²) in [5.74, 6) is -0.00114. The summed E-state index contributed by atoms with van der Waals surface area (Å²) in [7, 11) is -3.85. The van der Waals surface area contributed by atoms with Crippen molar-refractivity contribution in [2.45, 2.75) is 25.7 Å².